The first-order valence-corrected chi connectivity index (χ1v) is 8.08. The molecule has 6 heteroatoms. The highest BCUT2D eigenvalue weighted by Crippen LogP contribution is 2.21. The molecule has 2 rings (SSSR count). The number of hydrogen-bond donors (Lipinski definition) is 0. The second-order valence-corrected chi connectivity index (χ2v) is 7.10. The van der Waals surface area contributed by atoms with Gasteiger partial charge in [0.2, 0.25) is 0 Å². The number of hydrogen-bond acceptors (Lipinski definition) is 4. The fourth-order valence-electron chi connectivity index (χ4n) is 1.84. The van der Waals surface area contributed by atoms with E-state index in [0.29, 0.717) is 29.0 Å². The lowest BCUT2D eigenvalue weighted by Gasteiger charge is -2.13. The van der Waals surface area contributed by atoms with Crippen molar-refractivity contribution in [2.45, 2.75) is 30.5 Å². The molecule has 0 N–H and O–H groups in total. The minimum atomic E-state index is -3.48. The van der Waals surface area contributed by atoms with Crippen molar-refractivity contribution in [2.75, 3.05) is 5.88 Å². The van der Waals surface area contributed by atoms with E-state index in [-0.39, 0.29) is 5.03 Å². The molecule has 0 spiro atoms. The van der Waals surface area contributed by atoms with Gasteiger partial charge in [-0.1, -0.05) is 12.1 Å². The number of benzene rings is 1. The maximum Gasteiger partial charge on any atom is 0.200 e. The van der Waals surface area contributed by atoms with Crippen molar-refractivity contribution in [3.63, 3.8) is 0 Å². The van der Waals surface area contributed by atoms with Gasteiger partial charge < -0.3 is 0 Å². The average Bonchev–Trinajstić information content (AvgIpc) is 2.38. The first-order valence-electron chi connectivity index (χ1n) is 6.00. The normalized spacial score (nSPS) is 13.6. The molecule has 19 heavy (non-hydrogen) atoms. The number of sulfone groups is 1. The van der Waals surface area contributed by atoms with Crippen LogP contribution in [0.5, 0.6) is 0 Å². The summed E-state index contributed by atoms with van der Waals surface area (Å²) in [4.78, 5) is 8.57. The van der Waals surface area contributed by atoms with Crippen molar-refractivity contribution in [1.29, 1.82) is 0 Å². The Labute approximate surface area is 117 Å². The van der Waals surface area contributed by atoms with Crippen molar-refractivity contribution in [3.05, 3.63) is 30.0 Å². The SMILES string of the molecule is Cc1nc2ccccc2nc1S(=O)(=O)C(C)CCCl. The Morgan fingerprint density at radius 1 is 1.21 bits per heavy atom. The molecule has 4 nitrogen and oxygen atoms in total. The summed E-state index contributed by atoms with van der Waals surface area (Å²) in [7, 11) is -3.48. The first kappa shape index (κ1) is 14.2. The van der Waals surface area contributed by atoms with Gasteiger partial charge in [-0.15, -0.1) is 11.6 Å². The van der Waals surface area contributed by atoms with E-state index < -0.39 is 15.1 Å². The lowest BCUT2D eigenvalue weighted by atomic mass is 10.3. The summed E-state index contributed by atoms with van der Waals surface area (Å²) in [6.07, 6.45) is 0.401. The van der Waals surface area contributed by atoms with Crippen LogP contribution in [0.1, 0.15) is 19.0 Å². The summed E-state index contributed by atoms with van der Waals surface area (Å²) in [5.41, 5.74) is 1.72. The summed E-state index contributed by atoms with van der Waals surface area (Å²) in [5, 5.41) is -0.497. The van der Waals surface area contributed by atoms with E-state index in [9.17, 15) is 8.42 Å². The van der Waals surface area contributed by atoms with Crippen LogP contribution in [0, 0.1) is 6.92 Å². The number of rotatable bonds is 4. The minimum Gasteiger partial charge on any atom is -0.248 e. The third-order valence-corrected chi connectivity index (χ3v) is 5.46. The summed E-state index contributed by atoms with van der Waals surface area (Å²) in [6, 6.07) is 7.23. The van der Waals surface area contributed by atoms with Gasteiger partial charge in [-0.3, -0.25) is 0 Å². The number of fused-ring (bicyclic) bond motifs is 1. The van der Waals surface area contributed by atoms with Gasteiger partial charge in [0.05, 0.1) is 22.0 Å². The molecular formula is C13H15ClN2O2S. The van der Waals surface area contributed by atoms with Crippen LogP contribution in [0.15, 0.2) is 29.3 Å². The number of aromatic nitrogens is 2. The summed E-state index contributed by atoms with van der Waals surface area (Å²) in [5.74, 6) is 0.306. The molecule has 0 aliphatic heterocycles. The molecule has 0 aliphatic carbocycles. The number of nitrogens with zero attached hydrogens (tertiary/aromatic N) is 2. The molecule has 1 aromatic heterocycles. The predicted molar refractivity (Wildman–Crippen MR) is 76.3 cm³/mol. The lowest BCUT2D eigenvalue weighted by molar-refractivity contribution is 0.576. The van der Waals surface area contributed by atoms with Crippen molar-refractivity contribution in [2.24, 2.45) is 0 Å². The summed E-state index contributed by atoms with van der Waals surface area (Å²) in [6.45, 7) is 3.31. The van der Waals surface area contributed by atoms with Gasteiger partial charge in [-0.2, -0.15) is 0 Å². The van der Waals surface area contributed by atoms with Crippen LogP contribution < -0.4 is 0 Å². The molecule has 0 amide bonds. The molecule has 0 radical (unpaired) electrons. The van der Waals surface area contributed by atoms with Crippen LogP contribution in [-0.4, -0.2) is 29.5 Å². The zero-order valence-electron chi connectivity index (χ0n) is 10.8. The van der Waals surface area contributed by atoms with Gasteiger partial charge in [0, 0.05) is 5.88 Å². The lowest BCUT2D eigenvalue weighted by Crippen LogP contribution is -2.21. The molecule has 1 unspecified atom stereocenters. The first-order chi connectivity index (χ1) is 8.96. The maximum atomic E-state index is 12.4. The highest BCUT2D eigenvalue weighted by molar-refractivity contribution is 7.92. The topological polar surface area (TPSA) is 59.9 Å². The number of alkyl halides is 1. The highest BCUT2D eigenvalue weighted by atomic mass is 35.5. The van der Waals surface area contributed by atoms with Crippen molar-refractivity contribution in [1.82, 2.24) is 9.97 Å². The Morgan fingerprint density at radius 3 is 2.37 bits per heavy atom. The Balaban J connectivity index is 2.59. The smallest absolute Gasteiger partial charge is 0.200 e. The Morgan fingerprint density at radius 2 is 1.79 bits per heavy atom. The molecule has 0 fully saturated rings. The summed E-state index contributed by atoms with van der Waals surface area (Å²) >= 11 is 5.62. The fraction of sp³-hybridized carbons (Fsp3) is 0.385. The standard InChI is InChI=1S/C13H15ClN2O2S/c1-9(7-8-14)19(17,18)13-10(2)15-11-5-3-4-6-12(11)16-13/h3-6,9H,7-8H2,1-2H3. The van der Waals surface area contributed by atoms with Gasteiger partial charge in [0.1, 0.15) is 0 Å². The number of halogens is 1. The molecule has 2 aromatic rings. The molecule has 0 bridgehead atoms. The van der Waals surface area contributed by atoms with Gasteiger partial charge in [0.15, 0.2) is 14.9 Å². The zero-order chi connectivity index (χ0) is 14.0. The minimum absolute atomic E-state index is 0.0591. The van der Waals surface area contributed by atoms with Gasteiger partial charge in [0.25, 0.3) is 0 Å². The van der Waals surface area contributed by atoms with Crippen LogP contribution >= 0.6 is 11.6 Å². The van der Waals surface area contributed by atoms with Crippen LogP contribution in [-0.2, 0) is 9.84 Å². The van der Waals surface area contributed by atoms with Gasteiger partial charge >= 0.3 is 0 Å². The third kappa shape index (κ3) is 2.72. The predicted octanol–water partition coefficient (Wildman–Crippen LogP) is 2.73. The van der Waals surface area contributed by atoms with Gasteiger partial charge in [-0.05, 0) is 32.4 Å². The van der Waals surface area contributed by atoms with Crippen molar-refractivity contribution < 1.29 is 8.42 Å². The van der Waals surface area contributed by atoms with E-state index in [0.717, 1.165) is 0 Å². The van der Waals surface area contributed by atoms with Crippen LogP contribution in [0.4, 0.5) is 0 Å². The number of aryl methyl sites for hydroxylation is 1. The molecule has 0 aliphatic rings. The quantitative estimate of drug-likeness (QED) is 0.814. The van der Waals surface area contributed by atoms with Gasteiger partial charge in [-0.25, -0.2) is 18.4 Å². The van der Waals surface area contributed by atoms with E-state index in [1.807, 2.05) is 18.2 Å². The van der Waals surface area contributed by atoms with E-state index in [4.69, 9.17) is 11.6 Å². The second kappa shape index (κ2) is 5.43. The fourth-order valence-corrected chi connectivity index (χ4v) is 3.79. The van der Waals surface area contributed by atoms with E-state index in [1.165, 1.54) is 0 Å². The van der Waals surface area contributed by atoms with Crippen molar-refractivity contribution >= 4 is 32.5 Å². The largest absolute Gasteiger partial charge is 0.248 e. The van der Waals surface area contributed by atoms with Crippen molar-refractivity contribution in [3.8, 4) is 0 Å². The Kier molecular flexibility index (Phi) is 4.06. The zero-order valence-corrected chi connectivity index (χ0v) is 12.4. The average molecular weight is 299 g/mol. The van der Waals surface area contributed by atoms with E-state index in [2.05, 4.69) is 9.97 Å². The molecule has 1 aromatic carbocycles. The Hall–Kier alpha value is -1.20. The van der Waals surface area contributed by atoms with E-state index in [1.54, 1.807) is 19.9 Å². The second-order valence-electron chi connectivity index (χ2n) is 4.44. The Bertz CT molecular complexity index is 701. The molecule has 102 valence electrons. The third-order valence-electron chi connectivity index (χ3n) is 3.02. The van der Waals surface area contributed by atoms with Crippen LogP contribution in [0.2, 0.25) is 0 Å². The number of para-hydroxylation sites is 2. The molecular weight excluding hydrogens is 284 g/mol. The molecule has 0 saturated heterocycles. The molecule has 0 saturated carbocycles. The molecule has 1 heterocycles. The van der Waals surface area contributed by atoms with E-state index >= 15 is 0 Å². The summed E-state index contributed by atoms with van der Waals surface area (Å²) < 4.78 is 24.9. The van der Waals surface area contributed by atoms with Crippen LogP contribution in [0.3, 0.4) is 0 Å². The van der Waals surface area contributed by atoms with Crippen LogP contribution in [0.25, 0.3) is 11.0 Å². The maximum absolute atomic E-state index is 12.4. The monoisotopic (exact) mass is 298 g/mol. The molecule has 1 atom stereocenters. The highest BCUT2D eigenvalue weighted by Gasteiger charge is 2.27.